The zero-order valence-electron chi connectivity index (χ0n) is 14.5. The number of carbonyl (C=O) groups is 2. The largest absolute Gasteiger partial charge is 0.448 e. The average Bonchev–Trinajstić information content (AvgIpc) is 3.27. The maximum atomic E-state index is 12.4. The number of aromatic amines is 1. The van der Waals surface area contributed by atoms with Crippen LogP contribution in [0.1, 0.15) is 35.0 Å². The number of carbonyl (C=O) groups excluding carboxylic acids is 2. The minimum Gasteiger partial charge on any atom is -0.448 e. The van der Waals surface area contributed by atoms with Crippen LogP contribution in [0.25, 0.3) is 10.9 Å². The lowest BCUT2D eigenvalue weighted by atomic mass is 10.1. The quantitative estimate of drug-likeness (QED) is 0.704. The molecule has 1 heterocycles. The van der Waals surface area contributed by atoms with Crippen molar-refractivity contribution < 1.29 is 14.3 Å². The van der Waals surface area contributed by atoms with E-state index in [1.165, 1.54) is 11.1 Å². The molecule has 5 heteroatoms. The van der Waals surface area contributed by atoms with Crippen LogP contribution in [0.3, 0.4) is 0 Å². The van der Waals surface area contributed by atoms with Gasteiger partial charge in [0.2, 0.25) is 0 Å². The van der Waals surface area contributed by atoms with Crippen LogP contribution in [0.5, 0.6) is 0 Å². The fourth-order valence-electron chi connectivity index (χ4n) is 3.35. The summed E-state index contributed by atoms with van der Waals surface area (Å²) in [5.41, 5.74) is 4.56. The highest BCUT2D eigenvalue weighted by atomic mass is 16.5. The molecule has 132 valence electrons. The molecule has 3 aromatic rings. The predicted octanol–water partition coefficient (Wildman–Crippen LogP) is 3.84. The molecule has 0 aliphatic heterocycles. The van der Waals surface area contributed by atoms with Crippen LogP contribution in [-0.4, -0.2) is 23.0 Å². The lowest BCUT2D eigenvalue weighted by Crippen LogP contribution is -2.30. The molecular formula is C21H20N2O3. The number of ether oxygens (including phenoxy) is 1. The van der Waals surface area contributed by atoms with Gasteiger partial charge < -0.3 is 15.0 Å². The Morgan fingerprint density at radius 2 is 1.88 bits per heavy atom. The van der Waals surface area contributed by atoms with Crippen LogP contribution in [0.4, 0.5) is 5.69 Å². The van der Waals surface area contributed by atoms with Crippen LogP contribution in [0, 0.1) is 0 Å². The highest BCUT2D eigenvalue weighted by molar-refractivity contribution is 5.98. The van der Waals surface area contributed by atoms with Crippen molar-refractivity contribution in [3.05, 3.63) is 65.4 Å². The summed E-state index contributed by atoms with van der Waals surface area (Å²) in [7, 11) is 0. The van der Waals surface area contributed by atoms with E-state index in [1.54, 1.807) is 13.0 Å². The number of H-pyrrole nitrogens is 1. The normalized spacial score (nSPS) is 14.0. The Morgan fingerprint density at radius 1 is 1.08 bits per heavy atom. The zero-order chi connectivity index (χ0) is 18.1. The second kappa shape index (κ2) is 6.67. The van der Waals surface area contributed by atoms with Gasteiger partial charge in [0, 0.05) is 16.6 Å². The molecule has 1 amide bonds. The number of nitrogens with one attached hydrogen (secondary N) is 2. The van der Waals surface area contributed by atoms with Gasteiger partial charge in [-0.3, -0.25) is 4.79 Å². The second-order valence-corrected chi connectivity index (χ2v) is 6.64. The summed E-state index contributed by atoms with van der Waals surface area (Å²) in [5.74, 6) is -0.884. The number of para-hydroxylation sites is 1. The maximum Gasteiger partial charge on any atom is 0.355 e. The standard InChI is InChI=1S/C21H20N2O3/c1-13(20(24)22-17-10-9-14-6-4-7-15(14)11-17)26-21(25)19-12-16-5-2-3-8-18(16)23-19/h2-3,5,8-13,23H,4,6-7H2,1H3,(H,22,24)/t13-/m1/s1. The fourth-order valence-corrected chi connectivity index (χ4v) is 3.35. The van der Waals surface area contributed by atoms with Crippen LogP contribution in [-0.2, 0) is 22.4 Å². The van der Waals surface area contributed by atoms with Gasteiger partial charge in [-0.2, -0.15) is 0 Å². The SMILES string of the molecule is C[C@@H](OC(=O)c1cc2ccccc2[nH]1)C(=O)Nc1ccc2c(c1)CCC2. The number of benzene rings is 2. The number of anilines is 1. The number of aryl methyl sites for hydroxylation is 2. The molecule has 2 N–H and O–H groups in total. The van der Waals surface area contributed by atoms with Gasteiger partial charge >= 0.3 is 5.97 Å². The van der Waals surface area contributed by atoms with Crippen LogP contribution in [0.15, 0.2) is 48.5 Å². The molecule has 4 rings (SSSR count). The highest BCUT2D eigenvalue weighted by Crippen LogP contribution is 2.25. The number of esters is 1. The van der Waals surface area contributed by atoms with E-state index in [4.69, 9.17) is 4.74 Å². The maximum absolute atomic E-state index is 12.4. The number of rotatable bonds is 4. The van der Waals surface area contributed by atoms with Gasteiger partial charge in [-0.1, -0.05) is 24.3 Å². The van der Waals surface area contributed by atoms with Crippen LogP contribution in [0.2, 0.25) is 0 Å². The van der Waals surface area contributed by atoms with Crippen LogP contribution >= 0.6 is 0 Å². The number of hydrogen-bond acceptors (Lipinski definition) is 3. The van der Waals surface area contributed by atoms with Gasteiger partial charge in [-0.15, -0.1) is 0 Å². The molecule has 1 aliphatic carbocycles. The number of aromatic nitrogens is 1. The monoisotopic (exact) mass is 348 g/mol. The molecule has 0 unspecified atom stereocenters. The van der Waals surface area contributed by atoms with Gasteiger partial charge in [0.25, 0.3) is 5.91 Å². The number of amides is 1. The molecule has 1 aromatic heterocycles. The third-order valence-corrected chi connectivity index (χ3v) is 4.77. The summed E-state index contributed by atoms with van der Waals surface area (Å²) in [6.07, 6.45) is 2.42. The van der Waals surface area contributed by atoms with Crippen molar-refractivity contribution in [2.24, 2.45) is 0 Å². The van der Waals surface area contributed by atoms with Crippen molar-refractivity contribution in [1.29, 1.82) is 0 Å². The highest BCUT2D eigenvalue weighted by Gasteiger charge is 2.21. The Hall–Kier alpha value is -3.08. The van der Waals surface area contributed by atoms with E-state index in [2.05, 4.69) is 16.4 Å². The lowest BCUT2D eigenvalue weighted by Gasteiger charge is -2.13. The minimum atomic E-state index is -0.887. The number of fused-ring (bicyclic) bond motifs is 2. The molecule has 1 atom stereocenters. The van der Waals surface area contributed by atoms with Crippen molar-refractivity contribution in [2.75, 3.05) is 5.32 Å². The second-order valence-electron chi connectivity index (χ2n) is 6.64. The van der Waals surface area contributed by atoms with Gasteiger partial charge in [-0.25, -0.2) is 4.79 Å². The van der Waals surface area contributed by atoms with E-state index in [-0.39, 0.29) is 5.91 Å². The molecule has 2 aromatic carbocycles. The Labute approximate surface area is 151 Å². The zero-order valence-corrected chi connectivity index (χ0v) is 14.5. The van der Waals surface area contributed by atoms with Gasteiger partial charge in [-0.05, 0) is 61.6 Å². The Balaban J connectivity index is 1.41. The van der Waals surface area contributed by atoms with Crippen molar-refractivity contribution in [2.45, 2.75) is 32.3 Å². The predicted molar refractivity (Wildman–Crippen MR) is 100 cm³/mol. The fraction of sp³-hybridized carbons (Fsp3) is 0.238. The molecule has 26 heavy (non-hydrogen) atoms. The van der Waals surface area contributed by atoms with E-state index < -0.39 is 12.1 Å². The summed E-state index contributed by atoms with van der Waals surface area (Å²) in [4.78, 5) is 27.7. The number of hydrogen-bond donors (Lipinski definition) is 2. The third-order valence-electron chi connectivity index (χ3n) is 4.77. The molecule has 5 nitrogen and oxygen atoms in total. The van der Waals surface area contributed by atoms with Crippen molar-refractivity contribution in [3.63, 3.8) is 0 Å². The molecule has 0 radical (unpaired) electrons. The average molecular weight is 348 g/mol. The van der Waals surface area contributed by atoms with Crippen LogP contribution < -0.4 is 5.32 Å². The first-order chi connectivity index (χ1) is 12.6. The van der Waals surface area contributed by atoms with Gasteiger partial charge in [0.15, 0.2) is 6.10 Å². The minimum absolute atomic E-state index is 0.336. The Bertz CT molecular complexity index is 957. The molecule has 0 bridgehead atoms. The Morgan fingerprint density at radius 3 is 2.73 bits per heavy atom. The summed E-state index contributed by atoms with van der Waals surface area (Å²) in [5, 5.41) is 3.75. The lowest BCUT2D eigenvalue weighted by molar-refractivity contribution is -0.123. The van der Waals surface area contributed by atoms with Gasteiger partial charge in [0.1, 0.15) is 5.69 Å². The molecule has 0 spiro atoms. The van der Waals surface area contributed by atoms with Gasteiger partial charge in [0.05, 0.1) is 0 Å². The summed E-state index contributed by atoms with van der Waals surface area (Å²) >= 11 is 0. The molecule has 0 saturated carbocycles. The van der Waals surface area contributed by atoms with Crippen molar-refractivity contribution >= 4 is 28.5 Å². The van der Waals surface area contributed by atoms with E-state index in [1.807, 2.05) is 36.4 Å². The van der Waals surface area contributed by atoms with E-state index in [0.29, 0.717) is 5.69 Å². The topological polar surface area (TPSA) is 71.2 Å². The Kier molecular flexibility index (Phi) is 4.21. The first-order valence-electron chi connectivity index (χ1n) is 8.81. The third kappa shape index (κ3) is 3.20. The van der Waals surface area contributed by atoms with Crippen molar-refractivity contribution in [1.82, 2.24) is 4.98 Å². The molecular weight excluding hydrogens is 328 g/mol. The van der Waals surface area contributed by atoms with E-state index >= 15 is 0 Å². The molecule has 0 saturated heterocycles. The summed E-state index contributed by atoms with van der Waals surface area (Å²) in [6.45, 7) is 1.57. The van der Waals surface area contributed by atoms with E-state index in [0.717, 1.165) is 35.9 Å². The first-order valence-corrected chi connectivity index (χ1v) is 8.81. The summed E-state index contributed by atoms with van der Waals surface area (Å²) < 4.78 is 5.31. The van der Waals surface area contributed by atoms with Crippen molar-refractivity contribution in [3.8, 4) is 0 Å². The molecule has 0 fully saturated rings. The van der Waals surface area contributed by atoms with E-state index in [9.17, 15) is 9.59 Å². The first kappa shape index (κ1) is 16.4. The summed E-state index contributed by atoms with van der Waals surface area (Å²) in [6, 6.07) is 15.3. The smallest absolute Gasteiger partial charge is 0.355 e. The molecule has 1 aliphatic rings.